The average molecular weight is 443 g/mol. The van der Waals surface area contributed by atoms with Crippen molar-refractivity contribution in [2.24, 2.45) is 0 Å². The quantitative estimate of drug-likeness (QED) is 0.554. The first kappa shape index (κ1) is 21.6. The summed E-state index contributed by atoms with van der Waals surface area (Å²) in [5.41, 5.74) is 0.586. The first-order valence-electron chi connectivity index (χ1n) is 10.1. The molecule has 1 aliphatic heterocycles. The molecule has 0 radical (unpaired) electrons. The Labute approximate surface area is 182 Å². The van der Waals surface area contributed by atoms with Gasteiger partial charge >= 0.3 is 12.1 Å². The van der Waals surface area contributed by atoms with Crippen LogP contribution in [0.25, 0.3) is 5.69 Å². The van der Waals surface area contributed by atoms with E-state index in [1.54, 1.807) is 0 Å². The fraction of sp³-hybridized carbons (Fsp3) is 0.261. The Hall–Kier alpha value is -3.62. The molecule has 1 atom stereocenters. The number of hydrogen-bond donors (Lipinski definition) is 0. The van der Waals surface area contributed by atoms with Gasteiger partial charge in [-0.05, 0) is 48.7 Å². The molecule has 1 aliphatic rings. The zero-order chi connectivity index (χ0) is 22.7. The van der Waals surface area contributed by atoms with Crippen LogP contribution < -0.4 is 0 Å². The van der Waals surface area contributed by atoms with Crippen LogP contribution in [0.15, 0.2) is 66.9 Å². The van der Waals surface area contributed by atoms with Crippen LogP contribution in [0, 0.1) is 0 Å². The molecule has 4 rings (SSSR count). The molecule has 1 amide bonds. The summed E-state index contributed by atoms with van der Waals surface area (Å²) in [7, 11) is 0. The first-order chi connectivity index (χ1) is 15.3. The SMILES string of the molecule is O=C(OCc1ccccc1)C1CCCN1C(=O)c1ccc(-n2ccc(C(F)(F)F)n2)cc1. The lowest BCUT2D eigenvalue weighted by atomic mass is 10.1. The lowest BCUT2D eigenvalue weighted by Crippen LogP contribution is -2.41. The molecule has 6 nitrogen and oxygen atoms in total. The summed E-state index contributed by atoms with van der Waals surface area (Å²) in [6.45, 7) is 0.566. The number of rotatable bonds is 5. The molecule has 0 spiro atoms. The Bertz CT molecular complexity index is 1090. The number of esters is 1. The van der Waals surface area contributed by atoms with Crippen molar-refractivity contribution in [3.63, 3.8) is 0 Å². The Balaban J connectivity index is 1.42. The van der Waals surface area contributed by atoms with Crippen molar-refractivity contribution < 1.29 is 27.5 Å². The van der Waals surface area contributed by atoms with E-state index in [2.05, 4.69) is 5.10 Å². The number of alkyl halides is 3. The van der Waals surface area contributed by atoms with Crippen LogP contribution in [-0.2, 0) is 22.3 Å². The van der Waals surface area contributed by atoms with Crippen LogP contribution in [-0.4, -0.2) is 39.1 Å². The minimum Gasteiger partial charge on any atom is -0.459 e. The van der Waals surface area contributed by atoms with E-state index in [1.807, 2.05) is 30.3 Å². The van der Waals surface area contributed by atoms with Gasteiger partial charge in [0.25, 0.3) is 5.91 Å². The van der Waals surface area contributed by atoms with Crippen LogP contribution >= 0.6 is 0 Å². The highest BCUT2D eigenvalue weighted by atomic mass is 19.4. The molecule has 9 heteroatoms. The van der Waals surface area contributed by atoms with Gasteiger partial charge in [0, 0.05) is 18.3 Å². The van der Waals surface area contributed by atoms with E-state index >= 15 is 0 Å². The topological polar surface area (TPSA) is 64.4 Å². The minimum atomic E-state index is -4.53. The maximum atomic E-state index is 13.0. The number of likely N-dealkylation sites (tertiary alicyclic amines) is 1. The Morgan fingerprint density at radius 2 is 1.75 bits per heavy atom. The van der Waals surface area contributed by atoms with Crippen molar-refractivity contribution in [1.82, 2.24) is 14.7 Å². The van der Waals surface area contributed by atoms with E-state index in [-0.39, 0.29) is 12.5 Å². The summed E-state index contributed by atoms with van der Waals surface area (Å²) in [5.74, 6) is -0.778. The molecule has 2 aromatic carbocycles. The molecule has 0 saturated carbocycles. The van der Waals surface area contributed by atoms with Crippen molar-refractivity contribution in [2.45, 2.75) is 31.7 Å². The highest BCUT2D eigenvalue weighted by Crippen LogP contribution is 2.28. The van der Waals surface area contributed by atoms with Crippen molar-refractivity contribution in [2.75, 3.05) is 6.54 Å². The number of hydrogen-bond acceptors (Lipinski definition) is 4. The van der Waals surface area contributed by atoms with E-state index in [9.17, 15) is 22.8 Å². The van der Waals surface area contributed by atoms with Crippen LogP contribution in [0.5, 0.6) is 0 Å². The third-order valence-electron chi connectivity index (χ3n) is 5.27. The van der Waals surface area contributed by atoms with Crippen molar-refractivity contribution in [3.8, 4) is 5.69 Å². The monoisotopic (exact) mass is 443 g/mol. The summed E-state index contributed by atoms with van der Waals surface area (Å²) >= 11 is 0. The number of nitrogens with zero attached hydrogens (tertiary/aromatic N) is 3. The van der Waals surface area contributed by atoms with Gasteiger partial charge in [-0.3, -0.25) is 4.79 Å². The van der Waals surface area contributed by atoms with Gasteiger partial charge in [-0.2, -0.15) is 18.3 Å². The lowest BCUT2D eigenvalue weighted by molar-refractivity contribution is -0.149. The highest BCUT2D eigenvalue weighted by molar-refractivity contribution is 5.97. The van der Waals surface area contributed by atoms with Crippen LogP contribution in [0.3, 0.4) is 0 Å². The largest absolute Gasteiger partial charge is 0.459 e. The molecule has 1 aromatic heterocycles. The average Bonchev–Trinajstić information content (AvgIpc) is 3.48. The number of benzene rings is 2. The smallest absolute Gasteiger partial charge is 0.435 e. The molecule has 1 unspecified atom stereocenters. The van der Waals surface area contributed by atoms with Gasteiger partial charge in [0.15, 0.2) is 5.69 Å². The molecular formula is C23H20F3N3O3. The van der Waals surface area contributed by atoms with Gasteiger partial charge in [-0.25, -0.2) is 9.48 Å². The zero-order valence-corrected chi connectivity index (χ0v) is 17.0. The second-order valence-electron chi connectivity index (χ2n) is 7.44. The van der Waals surface area contributed by atoms with Crippen molar-refractivity contribution in [1.29, 1.82) is 0 Å². The number of carbonyl (C=O) groups excluding carboxylic acids is 2. The maximum Gasteiger partial charge on any atom is 0.435 e. The highest BCUT2D eigenvalue weighted by Gasteiger charge is 2.36. The standard InChI is InChI=1S/C23H20F3N3O3/c24-23(25,26)20-12-14-29(27-20)18-10-8-17(9-11-18)21(30)28-13-4-7-19(28)22(31)32-15-16-5-2-1-3-6-16/h1-3,5-6,8-12,14,19H,4,7,13,15H2. The van der Waals surface area contributed by atoms with Gasteiger partial charge in [-0.1, -0.05) is 30.3 Å². The predicted molar refractivity (Wildman–Crippen MR) is 109 cm³/mol. The van der Waals surface area contributed by atoms with E-state index in [1.165, 1.54) is 35.4 Å². The van der Waals surface area contributed by atoms with Crippen molar-refractivity contribution in [3.05, 3.63) is 83.7 Å². The number of ether oxygens (including phenoxy) is 1. The molecule has 0 bridgehead atoms. The maximum absolute atomic E-state index is 13.0. The molecule has 2 heterocycles. The van der Waals surface area contributed by atoms with E-state index in [0.29, 0.717) is 30.6 Å². The second-order valence-corrected chi connectivity index (χ2v) is 7.44. The van der Waals surface area contributed by atoms with Crippen molar-refractivity contribution >= 4 is 11.9 Å². The fourth-order valence-corrected chi connectivity index (χ4v) is 3.62. The number of amides is 1. The molecule has 1 fully saturated rings. The zero-order valence-electron chi connectivity index (χ0n) is 17.0. The summed E-state index contributed by atoms with van der Waals surface area (Å²) < 4.78 is 44.7. The minimum absolute atomic E-state index is 0.136. The van der Waals surface area contributed by atoms with Gasteiger partial charge in [0.05, 0.1) is 5.69 Å². The van der Waals surface area contributed by atoms with Crippen LogP contribution in [0.1, 0.15) is 34.5 Å². The summed E-state index contributed by atoms with van der Waals surface area (Å²) in [4.78, 5) is 27.0. The summed E-state index contributed by atoms with van der Waals surface area (Å²) in [6, 6.07) is 15.5. The molecule has 1 saturated heterocycles. The van der Waals surface area contributed by atoms with Crippen LogP contribution in [0.4, 0.5) is 13.2 Å². The summed E-state index contributed by atoms with van der Waals surface area (Å²) in [5, 5.41) is 3.52. The predicted octanol–water partition coefficient (Wildman–Crippen LogP) is 4.24. The van der Waals surface area contributed by atoms with Gasteiger partial charge < -0.3 is 9.64 Å². The summed E-state index contributed by atoms with van der Waals surface area (Å²) in [6.07, 6.45) is -2.12. The number of halogens is 3. The molecule has 0 N–H and O–H groups in total. The normalized spacial score (nSPS) is 16.2. The van der Waals surface area contributed by atoms with E-state index in [0.717, 1.165) is 16.3 Å². The Kier molecular flexibility index (Phi) is 5.98. The fourth-order valence-electron chi connectivity index (χ4n) is 3.62. The van der Waals surface area contributed by atoms with Crippen LogP contribution in [0.2, 0.25) is 0 Å². The molecular weight excluding hydrogens is 423 g/mol. The molecule has 32 heavy (non-hydrogen) atoms. The molecule has 166 valence electrons. The Morgan fingerprint density at radius 3 is 2.41 bits per heavy atom. The second kappa shape index (κ2) is 8.86. The van der Waals surface area contributed by atoms with Gasteiger partial charge in [-0.15, -0.1) is 0 Å². The van der Waals surface area contributed by atoms with E-state index < -0.39 is 23.9 Å². The third-order valence-corrected chi connectivity index (χ3v) is 5.27. The van der Waals surface area contributed by atoms with E-state index in [4.69, 9.17) is 4.74 Å². The first-order valence-corrected chi connectivity index (χ1v) is 10.1. The third kappa shape index (κ3) is 4.66. The van der Waals surface area contributed by atoms with Gasteiger partial charge in [0.1, 0.15) is 12.6 Å². The molecule has 0 aliphatic carbocycles. The number of carbonyl (C=O) groups is 2. The number of aromatic nitrogens is 2. The lowest BCUT2D eigenvalue weighted by Gasteiger charge is -2.23. The van der Waals surface area contributed by atoms with Gasteiger partial charge in [0.2, 0.25) is 0 Å². The Morgan fingerprint density at radius 1 is 1.03 bits per heavy atom. The molecule has 3 aromatic rings.